The van der Waals surface area contributed by atoms with E-state index in [1.807, 2.05) is 6.92 Å². The third-order valence-corrected chi connectivity index (χ3v) is 8.66. The molecule has 2 saturated heterocycles. The Morgan fingerprint density at radius 2 is 1.49 bits per heavy atom. The molecule has 2 aromatic carbocycles. The number of benzene rings is 2. The highest BCUT2D eigenvalue weighted by molar-refractivity contribution is 5.71. The van der Waals surface area contributed by atoms with Crippen LogP contribution in [0.1, 0.15) is 73.1 Å². The van der Waals surface area contributed by atoms with E-state index in [2.05, 4.69) is 6.92 Å². The van der Waals surface area contributed by atoms with Gasteiger partial charge in [0.15, 0.2) is 0 Å². The number of carbonyl (C=O) groups is 1. The summed E-state index contributed by atoms with van der Waals surface area (Å²) in [7, 11) is 0. The molecule has 0 aromatic heterocycles. The van der Waals surface area contributed by atoms with E-state index in [1.54, 1.807) is 0 Å². The molecule has 2 heterocycles. The zero-order chi connectivity index (χ0) is 31.9. The molecule has 4 nitrogen and oxygen atoms in total. The van der Waals surface area contributed by atoms with E-state index in [1.165, 1.54) is 13.0 Å². The summed E-state index contributed by atoms with van der Waals surface area (Å²) in [5.74, 6) is 0.585. The van der Waals surface area contributed by atoms with Crippen molar-refractivity contribution in [3.63, 3.8) is 0 Å². The number of amides is 1. The molecule has 2 aliphatic rings. The van der Waals surface area contributed by atoms with E-state index >= 15 is 0 Å². The Morgan fingerprint density at radius 3 is 2.00 bits per heavy atom. The van der Waals surface area contributed by atoms with Crippen molar-refractivity contribution in [2.24, 2.45) is 17.8 Å². The van der Waals surface area contributed by atoms with Gasteiger partial charge in [0.2, 0.25) is 0 Å². The fourth-order valence-corrected chi connectivity index (χ4v) is 5.97. The maximum Gasteiger partial charge on any atom is 0.416 e. The average Bonchev–Trinajstić information content (AvgIpc) is 3.55. The molecule has 5 atom stereocenters. The molecule has 43 heavy (non-hydrogen) atoms. The summed E-state index contributed by atoms with van der Waals surface area (Å²) in [6.45, 7) is 6.29. The number of ether oxygens (including phenoxy) is 2. The Labute approximate surface area is 243 Å². The van der Waals surface area contributed by atoms with Crippen LogP contribution in [0.15, 0.2) is 36.4 Å². The van der Waals surface area contributed by atoms with Crippen molar-refractivity contribution in [2.75, 3.05) is 13.2 Å². The van der Waals surface area contributed by atoms with Gasteiger partial charge >= 0.3 is 24.6 Å². The fraction of sp³-hybridized carbons (Fsp3) is 0.567. The summed E-state index contributed by atoms with van der Waals surface area (Å²) in [5.41, 5.74) is -3.85. The number of hydrogen-bond donors (Lipinski definition) is 0. The van der Waals surface area contributed by atoms with Crippen LogP contribution in [0, 0.1) is 17.8 Å². The summed E-state index contributed by atoms with van der Waals surface area (Å²) < 4.78 is 132. The molecule has 0 bridgehead atoms. The lowest BCUT2D eigenvalue weighted by Crippen LogP contribution is -2.32. The minimum Gasteiger partial charge on any atom is -0.439 e. The van der Waals surface area contributed by atoms with Gasteiger partial charge in [-0.25, -0.2) is 4.79 Å². The van der Waals surface area contributed by atoms with E-state index < -0.39 is 59.0 Å². The largest absolute Gasteiger partial charge is 0.439 e. The van der Waals surface area contributed by atoms with E-state index in [0.29, 0.717) is 43.2 Å². The molecule has 0 aliphatic carbocycles. The maximum absolute atomic E-state index is 13.7. The van der Waals surface area contributed by atoms with Gasteiger partial charge in [-0.05, 0) is 84.5 Å². The summed E-state index contributed by atoms with van der Waals surface area (Å²) >= 11 is 0. The van der Waals surface area contributed by atoms with Crippen molar-refractivity contribution in [3.8, 4) is 0 Å². The normalized spacial score (nSPS) is 23.0. The van der Waals surface area contributed by atoms with Crippen LogP contribution in [0.4, 0.5) is 44.3 Å². The average molecular weight is 626 g/mol. The quantitative estimate of drug-likeness (QED) is 0.275. The van der Waals surface area contributed by atoms with Gasteiger partial charge in [0.1, 0.15) is 6.10 Å². The molecular formula is C30H32F9NO3. The smallest absolute Gasteiger partial charge is 0.416 e. The van der Waals surface area contributed by atoms with Crippen molar-refractivity contribution >= 4 is 6.09 Å². The van der Waals surface area contributed by atoms with E-state index in [-0.39, 0.29) is 30.0 Å². The van der Waals surface area contributed by atoms with Gasteiger partial charge < -0.3 is 9.47 Å². The zero-order valence-corrected chi connectivity index (χ0v) is 23.7. The van der Waals surface area contributed by atoms with Crippen LogP contribution >= 0.6 is 0 Å². The molecule has 0 radical (unpaired) electrons. The van der Waals surface area contributed by atoms with Crippen LogP contribution in [0.2, 0.25) is 0 Å². The molecule has 0 saturated carbocycles. The predicted octanol–water partition coefficient (Wildman–Crippen LogP) is 9.07. The number of nitrogens with zero attached hydrogens (tertiary/aromatic N) is 1. The molecule has 13 heteroatoms. The molecule has 4 rings (SSSR count). The van der Waals surface area contributed by atoms with Crippen LogP contribution in [0.25, 0.3) is 0 Å². The monoisotopic (exact) mass is 625 g/mol. The summed E-state index contributed by atoms with van der Waals surface area (Å²) in [5, 5.41) is 0. The lowest BCUT2D eigenvalue weighted by Gasteiger charge is -2.29. The Hall–Kier alpha value is -2.96. The summed E-state index contributed by atoms with van der Waals surface area (Å²) in [4.78, 5) is 13.9. The highest BCUT2D eigenvalue weighted by Gasteiger charge is 2.44. The number of hydrogen-bond acceptors (Lipinski definition) is 3. The zero-order valence-electron chi connectivity index (χ0n) is 23.7. The summed E-state index contributed by atoms with van der Waals surface area (Å²) in [6, 6.07) is 3.13. The second kappa shape index (κ2) is 12.2. The molecule has 2 aliphatic heterocycles. The van der Waals surface area contributed by atoms with Crippen LogP contribution in [0.3, 0.4) is 0 Å². The highest BCUT2D eigenvalue weighted by atomic mass is 19.4. The van der Waals surface area contributed by atoms with Gasteiger partial charge in [-0.3, -0.25) is 4.90 Å². The topological polar surface area (TPSA) is 38.8 Å². The van der Waals surface area contributed by atoms with E-state index in [4.69, 9.17) is 9.47 Å². The van der Waals surface area contributed by atoms with Gasteiger partial charge in [-0.15, -0.1) is 0 Å². The first-order valence-corrected chi connectivity index (χ1v) is 13.9. The lowest BCUT2D eigenvalue weighted by atomic mass is 9.77. The lowest BCUT2D eigenvalue weighted by molar-refractivity contribution is -0.143. The number of halogens is 9. The van der Waals surface area contributed by atoms with E-state index in [9.17, 15) is 44.3 Å². The van der Waals surface area contributed by atoms with Gasteiger partial charge in [0.25, 0.3) is 0 Å². The molecule has 1 amide bonds. The highest BCUT2D eigenvalue weighted by Crippen LogP contribution is 2.42. The van der Waals surface area contributed by atoms with Crippen LogP contribution in [-0.4, -0.2) is 30.2 Å². The van der Waals surface area contributed by atoms with Crippen molar-refractivity contribution in [1.82, 2.24) is 4.90 Å². The first kappa shape index (κ1) is 32.9. The number of carbonyl (C=O) groups excluding carboxylic acids is 1. The maximum atomic E-state index is 13.7. The second-order valence-electron chi connectivity index (χ2n) is 11.3. The predicted molar refractivity (Wildman–Crippen MR) is 138 cm³/mol. The Morgan fingerprint density at radius 1 is 0.884 bits per heavy atom. The minimum atomic E-state index is -5.11. The van der Waals surface area contributed by atoms with E-state index in [0.717, 1.165) is 29.9 Å². The first-order chi connectivity index (χ1) is 19.9. The Bertz CT molecular complexity index is 1270. The molecule has 238 valence electrons. The van der Waals surface area contributed by atoms with Crippen molar-refractivity contribution in [3.05, 3.63) is 69.8 Å². The number of cyclic esters (lactones) is 1. The molecular weight excluding hydrogens is 593 g/mol. The molecule has 0 spiro atoms. The molecule has 5 unspecified atom stereocenters. The first-order valence-electron chi connectivity index (χ1n) is 13.9. The van der Waals surface area contributed by atoms with Gasteiger partial charge in [-0.1, -0.05) is 26.3 Å². The van der Waals surface area contributed by atoms with Gasteiger partial charge in [0.05, 0.1) is 22.7 Å². The number of alkyl halides is 9. The van der Waals surface area contributed by atoms with Crippen molar-refractivity contribution in [2.45, 2.75) is 77.3 Å². The van der Waals surface area contributed by atoms with Gasteiger partial charge in [0, 0.05) is 19.8 Å². The molecule has 0 N–H and O–H groups in total. The third-order valence-electron chi connectivity index (χ3n) is 8.66. The van der Waals surface area contributed by atoms with Crippen LogP contribution in [-0.2, 0) is 41.0 Å². The standard InChI is InChI=1S/C30H32F9NO3/c1-4-18(16(2)20-7-8-42-15-20)9-19-5-6-23(28(31,32)33)12-22(19)14-40-17(3)26(43-27(40)41)21-10-24(29(34,35)36)13-25(11-21)30(37,38)39/h5-6,10-13,16-18,20,26H,4,7-9,14-15H2,1-3H3. The summed E-state index contributed by atoms with van der Waals surface area (Å²) in [6.07, 6.45) is -15.5. The van der Waals surface area contributed by atoms with Crippen molar-refractivity contribution < 1.29 is 53.8 Å². The Kier molecular flexibility index (Phi) is 9.35. The number of rotatable bonds is 8. The van der Waals surface area contributed by atoms with Crippen LogP contribution < -0.4 is 0 Å². The van der Waals surface area contributed by atoms with Crippen LogP contribution in [0.5, 0.6) is 0 Å². The third kappa shape index (κ3) is 7.41. The van der Waals surface area contributed by atoms with Crippen molar-refractivity contribution in [1.29, 1.82) is 0 Å². The minimum absolute atomic E-state index is 0.0273. The second-order valence-corrected chi connectivity index (χ2v) is 11.3. The molecule has 2 fully saturated rings. The fourth-order valence-electron chi connectivity index (χ4n) is 5.97. The SMILES string of the molecule is CCC(Cc1ccc(C(F)(F)F)cc1CN1C(=O)OC(c2cc(C(F)(F)F)cc(C(F)(F)F)c2)C1C)C(C)C1CCOC1. The Balaban J connectivity index is 1.66. The molecule has 2 aromatic rings. The van der Waals surface area contributed by atoms with Gasteiger partial charge in [-0.2, -0.15) is 39.5 Å².